The number of nitrogens with one attached hydrogen (secondary N) is 3. The number of methoxy groups -OCH3 is 1. The first-order valence-corrected chi connectivity index (χ1v) is 11.4. The summed E-state index contributed by atoms with van der Waals surface area (Å²) in [4.78, 5) is 19.2. The first kappa shape index (κ1) is 23.7. The maximum atomic E-state index is 12.3. The van der Waals surface area contributed by atoms with E-state index in [0.29, 0.717) is 25.6 Å². The highest BCUT2D eigenvalue weighted by atomic mass is 16.5. The first-order chi connectivity index (χ1) is 15.7. The van der Waals surface area contributed by atoms with Gasteiger partial charge >= 0.3 is 0 Å². The normalized spacial score (nSPS) is 15.8. The zero-order valence-electron chi connectivity index (χ0n) is 19.1. The second kappa shape index (κ2) is 12.8. The molecule has 8 heteroatoms. The highest BCUT2D eigenvalue weighted by molar-refractivity contribution is 5.84. The van der Waals surface area contributed by atoms with E-state index < -0.39 is 0 Å². The molecular formula is C24H35N5O3. The molecule has 1 fully saturated rings. The monoisotopic (exact) mass is 441 g/mol. The van der Waals surface area contributed by atoms with E-state index in [-0.39, 0.29) is 18.5 Å². The maximum absolute atomic E-state index is 12.3. The van der Waals surface area contributed by atoms with Crippen LogP contribution in [0.1, 0.15) is 43.6 Å². The number of amides is 1. The lowest BCUT2D eigenvalue weighted by atomic mass is 10.1. The molecule has 1 unspecified atom stereocenters. The first-order valence-electron chi connectivity index (χ1n) is 11.4. The third-order valence-electron chi connectivity index (χ3n) is 5.54. The molecule has 3 N–H and O–H groups in total. The van der Waals surface area contributed by atoms with Crippen LogP contribution in [-0.4, -0.2) is 56.6 Å². The lowest BCUT2D eigenvalue weighted by molar-refractivity contribution is -0.119. The van der Waals surface area contributed by atoms with Gasteiger partial charge in [0, 0.05) is 19.6 Å². The van der Waals surface area contributed by atoms with Crippen LogP contribution < -0.4 is 20.7 Å². The fraction of sp³-hybridized carbons (Fsp3) is 0.500. The molecule has 1 aromatic heterocycles. The highest BCUT2D eigenvalue weighted by Crippen LogP contribution is 2.24. The van der Waals surface area contributed by atoms with Crippen LogP contribution in [0.25, 0.3) is 0 Å². The minimum absolute atomic E-state index is 0.0562. The van der Waals surface area contributed by atoms with Gasteiger partial charge in [0.2, 0.25) is 5.91 Å². The molecule has 0 bridgehead atoms. The third-order valence-corrected chi connectivity index (χ3v) is 5.54. The molecule has 0 saturated carbocycles. The lowest BCUT2D eigenvalue weighted by Gasteiger charge is -2.33. The van der Waals surface area contributed by atoms with Crippen molar-refractivity contribution in [1.29, 1.82) is 0 Å². The molecule has 3 rings (SSSR count). The summed E-state index contributed by atoms with van der Waals surface area (Å²) in [5, 5.41) is 9.52. The molecular weight excluding hydrogens is 406 g/mol. The van der Waals surface area contributed by atoms with Gasteiger partial charge in [-0.05, 0) is 62.7 Å². The predicted octanol–water partition coefficient (Wildman–Crippen LogP) is 2.69. The number of carbonyl (C=O) groups is 1. The molecule has 1 aliphatic rings. The van der Waals surface area contributed by atoms with Crippen LogP contribution in [0, 0.1) is 0 Å². The second-order valence-corrected chi connectivity index (χ2v) is 7.83. The third kappa shape index (κ3) is 7.30. The summed E-state index contributed by atoms with van der Waals surface area (Å²) >= 11 is 0. The number of guanidine groups is 1. The average Bonchev–Trinajstić information content (AvgIpc) is 3.37. The van der Waals surface area contributed by atoms with Gasteiger partial charge in [-0.3, -0.25) is 9.69 Å². The zero-order chi connectivity index (χ0) is 22.6. The van der Waals surface area contributed by atoms with E-state index >= 15 is 0 Å². The molecule has 1 saturated heterocycles. The van der Waals surface area contributed by atoms with Crippen LogP contribution >= 0.6 is 0 Å². The molecule has 1 aliphatic heterocycles. The van der Waals surface area contributed by atoms with Crippen LogP contribution in [0.4, 0.5) is 0 Å². The Balaban J connectivity index is 1.52. The van der Waals surface area contributed by atoms with E-state index in [1.54, 1.807) is 13.4 Å². The number of piperidine rings is 1. The Kier molecular flexibility index (Phi) is 9.43. The van der Waals surface area contributed by atoms with Crippen molar-refractivity contribution in [2.75, 3.05) is 39.8 Å². The second-order valence-electron chi connectivity index (χ2n) is 7.83. The molecule has 0 radical (unpaired) electrons. The summed E-state index contributed by atoms with van der Waals surface area (Å²) in [5.74, 6) is 2.24. The number of hydrogen-bond donors (Lipinski definition) is 3. The highest BCUT2D eigenvalue weighted by Gasteiger charge is 2.24. The van der Waals surface area contributed by atoms with Crippen LogP contribution in [0.5, 0.6) is 5.75 Å². The van der Waals surface area contributed by atoms with Crippen molar-refractivity contribution >= 4 is 11.9 Å². The number of rotatable bonds is 10. The summed E-state index contributed by atoms with van der Waals surface area (Å²) in [6.45, 7) is 6.03. The van der Waals surface area contributed by atoms with E-state index in [1.807, 2.05) is 43.3 Å². The fourth-order valence-corrected chi connectivity index (χ4v) is 3.81. The standard InChI is InChI=1S/C24H35N5O3/c1-3-25-24(28-18-23(30)26-16-19-9-11-20(31-2)12-10-19)27-17-21(22-8-7-15-32-22)29-13-5-4-6-14-29/h7-12,15,21H,3-6,13-14,16-18H2,1-2H3,(H,26,30)(H2,25,27,28). The molecule has 8 nitrogen and oxygen atoms in total. The topological polar surface area (TPSA) is 91.1 Å². The largest absolute Gasteiger partial charge is 0.497 e. The van der Waals surface area contributed by atoms with Gasteiger partial charge in [-0.2, -0.15) is 0 Å². The molecule has 174 valence electrons. The van der Waals surface area contributed by atoms with Crippen LogP contribution in [-0.2, 0) is 11.3 Å². The Morgan fingerprint density at radius 1 is 1.12 bits per heavy atom. The van der Waals surface area contributed by atoms with E-state index in [1.165, 1.54) is 19.3 Å². The SMILES string of the molecule is CCNC(=NCC(=O)NCc1ccc(OC)cc1)NCC(c1ccco1)N1CCCCC1. The molecule has 0 aliphatic carbocycles. The van der Waals surface area contributed by atoms with E-state index in [2.05, 4.69) is 25.8 Å². The average molecular weight is 442 g/mol. The number of nitrogens with zero attached hydrogens (tertiary/aromatic N) is 2. The van der Waals surface area contributed by atoms with Gasteiger partial charge < -0.3 is 25.1 Å². The number of aliphatic imine (C=N–C) groups is 1. The Morgan fingerprint density at radius 3 is 2.56 bits per heavy atom. The summed E-state index contributed by atoms with van der Waals surface area (Å²) in [5.41, 5.74) is 1.01. The van der Waals surface area contributed by atoms with Crippen molar-refractivity contribution in [3.05, 3.63) is 54.0 Å². The zero-order valence-corrected chi connectivity index (χ0v) is 19.1. The van der Waals surface area contributed by atoms with Crippen LogP contribution in [0.15, 0.2) is 52.1 Å². The van der Waals surface area contributed by atoms with E-state index in [9.17, 15) is 4.79 Å². The van der Waals surface area contributed by atoms with Crippen molar-refractivity contribution < 1.29 is 13.9 Å². The molecule has 32 heavy (non-hydrogen) atoms. The van der Waals surface area contributed by atoms with Crippen LogP contribution in [0.3, 0.4) is 0 Å². The quantitative estimate of drug-likeness (QED) is 0.388. The molecule has 0 spiro atoms. The molecule has 1 amide bonds. The van der Waals surface area contributed by atoms with Crippen LogP contribution in [0.2, 0.25) is 0 Å². The number of ether oxygens (including phenoxy) is 1. The number of benzene rings is 1. The van der Waals surface area contributed by atoms with Crippen molar-refractivity contribution in [2.24, 2.45) is 4.99 Å². The van der Waals surface area contributed by atoms with Gasteiger partial charge in [0.25, 0.3) is 0 Å². The van der Waals surface area contributed by atoms with Gasteiger partial charge in [0.05, 0.1) is 19.4 Å². The van der Waals surface area contributed by atoms with Crippen molar-refractivity contribution in [1.82, 2.24) is 20.9 Å². The van der Waals surface area contributed by atoms with Gasteiger partial charge in [-0.15, -0.1) is 0 Å². The fourth-order valence-electron chi connectivity index (χ4n) is 3.81. The number of likely N-dealkylation sites (tertiary alicyclic amines) is 1. The number of furan rings is 1. The van der Waals surface area contributed by atoms with Gasteiger partial charge in [-0.1, -0.05) is 18.6 Å². The Bertz CT molecular complexity index is 830. The molecule has 2 aromatic rings. The van der Waals surface area contributed by atoms with Gasteiger partial charge in [0.1, 0.15) is 18.1 Å². The number of hydrogen-bond acceptors (Lipinski definition) is 5. The Hall–Kier alpha value is -3.00. The Morgan fingerprint density at radius 2 is 1.91 bits per heavy atom. The molecule has 1 atom stereocenters. The predicted molar refractivity (Wildman–Crippen MR) is 126 cm³/mol. The van der Waals surface area contributed by atoms with Crippen molar-refractivity contribution in [3.63, 3.8) is 0 Å². The van der Waals surface area contributed by atoms with Crippen molar-refractivity contribution in [2.45, 2.75) is 38.8 Å². The number of carbonyl (C=O) groups excluding carboxylic acids is 1. The lowest BCUT2D eigenvalue weighted by Crippen LogP contribution is -2.44. The molecule has 2 heterocycles. The van der Waals surface area contributed by atoms with E-state index in [4.69, 9.17) is 9.15 Å². The Labute approximate surface area is 190 Å². The van der Waals surface area contributed by atoms with Crippen molar-refractivity contribution in [3.8, 4) is 5.75 Å². The smallest absolute Gasteiger partial charge is 0.242 e. The summed E-state index contributed by atoms with van der Waals surface area (Å²) < 4.78 is 10.9. The van der Waals surface area contributed by atoms with Gasteiger partial charge in [-0.25, -0.2) is 4.99 Å². The maximum Gasteiger partial charge on any atom is 0.242 e. The minimum atomic E-state index is -0.128. The summed E-state index contributed by atoms with van der Waals surface area (Å²) in [7, 11) is 1.63. The molecule has 1 aromatic carbocycles. The van der Waals surface area contributed by atoms with E-state index in [0.717, 1.165) is 30.2 Å². The minimum Gasteiger partial charge on any atom is -0.497 e. The summed E-state index contributed by atoms with van der Waals surface area (Å²) in [6.07, 6.45) is 5.42. The van der Waals surface area contributed by atoms with Gasteiger partial charge in [0.15, 0.2) is 5.96 Å². The summed E-state index contributed by atoms with van der Waals surface area (Å²) in [6, 6.07) is 11.7.